The summed E-state index contributed by atoms with van der Waals surface area (Å²) in [4.78, 5) is 32.7. The summed E-state index contributed by atoms with van der Waals surface area (Å²) in [5, 5.41) is 5.94. The predicted octanol–water partition coefficient (Wildman–Crippen LogP) is 3.97. The minimum absolute atomic E-state index is 0.0232. The van der Waals surface area contributed by atoms with E-state index in [9.17, 15) is 9.59 Å². The van der Waals surface area contributed by atoms with Gasteiger partial charge in [-0.05, 0) is 44.5 Å². The molecule has 0 spiro atoms. The molecule has 0 atom stereocenters. The first kappa shape index (κ1) is 19.2. The fraction of sp³-hybridized carbons (Fsp3) is 0.182. The fourth-order valence-electron chi connectivity index (χ4n) is 2.66. The molecular weight excluding hydrogens is 352 g/mol. The first-order valence-corrected chi connectivity index (χ1v) is 8.98. The number of rotatable bonds is 6. The maximum absolute atomic E-state index is 12.5. The summed E-state index contributed by atoms with van der Waals surface area (Å²) in [5.41, 5.74) is 4.42. The van der Waals surface area contributed by atoms with Gasteiger partial charge in [0.15, 0.2) is 5.78 Å². The number of carbonyl (C=O) groups excluding carboxylic acids is 2. The monoisotopic (exact) mass is 374 g/mol. The first-order valence-electron chi connectivity index (χ1n) is 8.98. The Balaban J connectivity index is 1.73. The van der Waals surface area contributed by atoms with Crippen LogP contribution < -0.4 is 10.6 Å². The number of hydrogen-bond acceptors (Lipinski definition) is 5. The van der Waals surface area contributed by atoms with Gasteiger partial charge in [0.2, 0.25) is 5.95 Å². The number of nitrogens with one attached hydrogen (secondary N) is 2. The summed E-state index contributed by atoms with van der Waals surface area (Å²) in [6.07, 6.45) is 0. The summed E-state index contributed by atoms with van der Waals surface area (Å²) in [7, 11) is 0. The number of amides is 1. The third-order valence-corrected chi connectivity index (χ3v) is 4.19. The molecule has 2 N–H and O–H groups in total. The largest absolute Gasteiger partial charge is 0.347 e. The Labute approximate surface area is 164 Å². The van der Waals surface area contributed by atoms with Gasteiger partial charge in [-0.3, -0.25) is 9.59 Å². The number of aromatic nitrogens is 2. The molecule has 0 aliphatic rings. The van der Waals surface area contributed by atoms with E-state index < -0.39 is 0 Å². The van der Waals surface area contributed by atoms with Crippen LogP contribution in [0.3, 0.4) is 0 Å². The molecule has 6 heteroatoms. The Kier molecular flexibility index (Phi) is 5.79. The van der Waals surface area contributed by atoms with Gasteiger partial charge in [0.1, 0.15) is 5.69 Å². The highest BCUT2D eigenvalue weighted by molar-refractivity contribution is 5.95. The van der Waals surface area contributed by atoms with Crippen LogP contribution in [0.2, 0.25) is 0 Å². The molecule has 0 aliphatic carbocycles. The Morgan fingerprint density at radius 1 is 0.964 bits per heavy atom. The van der Waals surface area contributed by atoms with E-state index >= 15 is 0 Å². The van der Waals surface area contributed by atoms with Crippen LogP contribution in [0.5, 0.6) is 0 Å². The molecule has 3 rings (SSSR count). The standard InChI is InChI=1S/C22H22N4O2/c1-14-7-9-17(10-8-14)13-23-21(28)20-11-15(2)24-22(26-20)25-19-6-4-5-18(12-19)16(3)27/h4-12H,13H2,1-3H3,(H,23,28)(H,24,25,26). The van der Waals surface area contributed by atoms with Crippen molar-refractivity contribution in [2.24, 2.45) is 0 Å². The molecule has 1 aromatic heterocycles. The maximum Gasteiger partial charge on any atom is 0.270 e. The van der Waals surface area contributed by atoms with Crippen molar-refractivity contribution < 1.29 is 9.59 Å². The second-order valence-corrected chi connectivity index (χ2v) is 6.65. The lowest BCUT2D eigenvalue weighted by Crippen LogP contribution is -2.24. The number of hydrogen-bond donors (Lipinski definition) is 2. The lowest BCUT2D eigenvalue weighted by molar-refractivity contribution is 0.0945. The Morgan fingerprint density at radius 3 is 2.43 bits per heavy atom. The molecular formula is C22H22N4O2. The summed E-state index contributed by atoms with van der Waals surface area (Å²) < 4.78 is 0. The number of ketones is 1. The Morgan fingerprint density at radius 2 is 1.71 bits per heavy atom. The quantitative estimate of drug-likeness (QED) is 0.638. The van der Waals surface area contributed by atoms with Crippen LogP contribution in [0.15, 0.2) is 54.6 Å². The van der Waals surface area contributed by atoms with Crippen LogP contribution in [0, 0.1) is 13.8 Å². The third kappa shape index (κ3) is 5.01. The Hall–Kier alpha value is -3.54. The van der Waals surface area contributed by atoms with Crippen molar-refractivity contribution in [1.29, 1.82) is 0 Å². The zero-order valence-corrected chi connectivity index (χ0v) is 16.1. The number of Topliss-reactive ketones (excluding diaryl/α,β-unsaturated/α-hetero) is 1. The summed E-state index contributed by atoms with van der Waals surface area (Å²) in [6, 6.07) is 16.7. The molecule has 3 aromatic rings. The van der Waals surface area contributed by atoms with E-state index in [1.807, 2.05) is 37.3 Å². The second-order valence-electron chi connectivity index (χ2n) is 6.65. The van der Waals surface area contributed by atoms with Crippen molar-refractivity contribution in [2.75, 3.05) is 5.32 Å². The average molecular weight is 374 g/mol. The fourth-order valence-corrected chi connectivity index (χ4v) is 2.66. The molecule has 0 bridgehead atoms. The average Bonchev–Trinajstić information content (AvgIpc) is 2.67. The molecule has 1 amide bonds. The van der Waals surface area contributed by atoms with Gasteiger partial charge in [-0.2, -0.15) is 0 Å². The number of nitrogens with zero attached hydrogens (tertiary/aromatic N) is 2. The second kappa shape index (κ2) is 8.43. The van der Waals surface area contributed by atoms with E-state index in [4.69, 9.17) is 0 Å². The SMILES string of the molecule is CC(=O)c1cccc(Nc2nc(C)cc(C(=O)NCc3ccc(C)cc3)n2)c1. The Bertz CT molecular complexity index is 1010. The lowest BCUT2D eigenvalue weighted by atomic mass is 10.1. The van der Waals surface area contributed by atoms with E-state index in [0.29, 0.717) is 29.4 Å². The van der Waals surface area contributed by atoms with Crippen LogP contribution in [-0.2, 0) is 6.54 Å². The minimum atomic E-state index is -0.272. The van der Waals surface area contributed by atoms with Gasteiger partial charge in [0.05, 0.1) is 0 Å². The zero-order valence-electron chi connectivity index (χ0n) is 16.1. The lowest BCUT2D eigenvalue weighted by Gasteiger charge is -2.10. The molecule has 0 saturated carbocycles. The first-order chi connectivity index (χ1) is 13.4. The molecule has 0 unspecified atom stereocenters. The summed E-state index contributed by atoms with van der Waals surface area (Å²) in [6.45, 7) is 5.76. The number of aryl methyl sites for hydroxylation is 2. The number of anilines is 2. The highest BCUT2D eigenvalue weighted by Crippen LogP contribution is 2.16. The molecule has 1 heterocycles. The van der Waals surface area contributed by atoms with E-state index in [-0.39, 0.29) is 17.4 Å². The van der Waals surface area contributed by atoms with Crippen molar-refractivity contribution in [3.8, 4) is 0 Å². The van der Waals surface area contributed by atoms with Crippen LogP contribution in [-0.4, -0.2) is 21.7 Å². The van der Waals surface area contributed by atoms with Crippen LogP contribution in [0.25, 0.3) is 0 Å². The van der Waals surface area contributed by atoms with E-state index in [1.54, 1.807) is 31.2 Å². The number of benzene rings is 2. The van der Waals surface area contributed by atoms with Gasteiger partial charge in [-0.25, -0.2) is 9.97 Å². The van der Waals surface area contributed by atoms with E-state index in [1.165, 1.54) is 12.5 Å². The molecule has 0 aliphatic heterocycles. The number of carbonyl (C=O) groups is 2. The normalized spacial score (nSPS) is 10.4. The molecule has 0 saturated heterocycles. The van der Waals surface area contributed by atoms with E-state index in [2.05, 4.69) is 20.6 Å². The molecule has 6 nitrogen and oxygen atoms in total. The van der Waals surface area contributed by atoms with Crippen molar-refractivity contribution >= 4 is 23.3 Å². The van der Waals surface area contributed by atoms with Crippen molar-refractivity contribution in [3.05, 3.63) is 82.7 Å². The van der Waals surface area contributed by atoms with Gasteiger partial charge in [-0.15, -0.1) is 0 Å². The smallest absolute Gasteiger partial charge is 0.270 e. The highest BCUT2D eigenvalue weighted by atomic mass is 16.1. The molecule has 0 fully saturated rings. The van der Waals surface area contributed by atoms with Crippen molar-refractivity contribution in [3.63, 3.8) is 0 Å². The van der Waals surface area contributed by atoms with Gasteiger partial charge >= 0.3 is 0 Å². The van der Waals surface area contributed by atoms with Gasteiger partial charge in [0, 0.05) is 23.5 Å². The van der Waals surface area contributed by atoms with Crippen molar-refractivity contribution in [1.82, 2.24) is 15.3 Å². The van der Waals surface area contributed by atoms with Crippen LogP contribution >= 0.6 is 0 Å². The molecule has 0 radical (unpaired) electrons. The highest BCUT2D eigenvalue weighted by Gasteiger charge is 2.11. The maximum atomic E-state index is 12.5. The molecule has 142 valence electrons. The van der Waals surface area contributed by atoms with Gasteiger partial charge in [0.25, 0.3) is 5.91 Å². The van der Waals surface area contributed by atoms with E-state index in [0.717, 1.165) is 5.56 Å². The van der Waals surface area contributed by atoms with Gasteiger partial charge in [-0.1, -0.05) is 42.0 Å². The summed E-state index contributed by atoms with van der Waals surface area (Å²) >= 11 is 0. The summed E-state index contributed by atoms with van der Waals surface area (Å²) in [5.74, 6) is 0.0118. The van der Waals surface area contributed by atoms with Crippen molar-refractivity contribution in [2.45, 2.75) is 27.3 Å². The third-order valence-electron chi connectivity index (χ3n) is 4.19. The van der Waals surface area contributed by atoms with Crippen LogP contribution in [0.1, 0.15) is 44.6 Å². The topological polar surface area (TPSA) is 84.0 Å². The predicted molar refractivity (Wildman–Crippen MR) is 109 cm³/mol. The van der Waals surface area contributed by atoms with Gasteiger partial charge < -0.3 is 10.6 Å². The zero-order chi connectivity index (χ0) is 20.1. The van der Waals surface area contributed by atoms with Crippen LogP contribution in [0.4, 0.5) is 11.6 Å². The molecule has 2 aromatic carbocycles. The minimum Gasteiger partial charge on any atom is -0.347 e. The molecule has 28 heavy (non-hydrogen) atoms.